The maximum atomic E-state index is 13.0. The number of carbonyl (C=O) groups excluding carboxylic acids is 1. The highest BCUT2D eigenvalue weighted by Crippen LogP contribution is 2.29. The van der Waals surface area contributed by atoms with Crippen LogP contribution in [0.2, 0.25) is 0 Å². The number of benzene rings is 1. The van der Waals surface area contributed by atoms with Gasteiger partial charge in [-0.25, -0.2) is 8.42 Å². The summed E-state index contributed by atoms with van der Waals surface area (Å²) >= 11 is 0. The average Bonchev–Trinajstić information content (AvgIpc) is 2.56. The minimum atomic E-state index is -3.69. The summed E-state index contributed by atoms with van der Waals surface area (Å²) in [6, 6.07) is 9.62. The minimum Gasteiger partial charge on any atom is -0.494 e. The number of pyridine rings is 1. The largest absolute Gasteiger partial charge is 0.494 e. The molecule has 0 aliphatic carbocycles. The standard InChI is InChI=1S/C17H20N2O4S/c1-3-23-15-6-8-16(9-7-15)24(21,22)17(12-19-13(2)20)14-5-4-10-18-11-14/h4-11,17H,3,12H2,1-2H3,(H,19,20). The SMILES string of the molecule is CCOc1ccc(S(=O)(=O)C(CNC(C)=O)c2cccnc2)cc1. The Morgan fingerprint density at radius 3 is 2.50 bits per heavy atom. The van der Waals surface area contributed by atoms with Crippen molar-refractivity contribution in [2.45, 2.75) is 24.0 Å². The summed E-state index contributed by atoms with van der Waals surface area (Å²) in [5.41, 5.74) is 0.528. The van der Waals surface area contributed by atoms with E-state index in [2.05, 4.69) is 10.3 Å². The Morgan fingerprint density at radius 1 is 1.25 bits per heavy atom. The van der Waals surface area contributed by atoms with Gasteiger partial charge < -0.3 is 10.1 Å². The molecule has 24 heavy (non-hydrogen) atoms. The minimum absolute atomic E-state index is 0.0173. The van der Waals surface area contributed by atoms with Gasteiger partial charge in [0.25, 0.3) is 0 Å². The van der Waals surface area contributed by atoms with E-state index in [1.807, 2.05) is 6.92 Å². The van der Waals surface area contributed by atoms with Crippen LogP contribution in [-0.4, -0.2) is 32.5 Å². The molecule has 0 saturated carbocycles. The number of aromatic nitrogens is 1. The maximum Gasteiger partial charge on any atom is 0.216 e. The molecule has 128 valence electrons. The third-order valence-electron chi connectivity index (χ3n) is 3.43. The fourth-order valence-corrected chi connectivity index (χ4v) is 3.91. The second-order valence-electron chi connectivity index (χ2n) is 5.16. The number of hydrogen-bond donors (Lipinski definition) is 1. The van der Waals surface area contributed by atoms with Crippen LogP contribution in [0.1, 0.15) is 24.7 Å². The first-order valence-electron chi connectivity index (χ1n) is 7.56. The quantitative estimate of drug-likeness (QED) is 0.828. The number of hydrogen-bond acceptors (Lipinski definition) is 5. The number of carbonyl (C=O) groups is 1. The molecule has 0 bridgehead atoms. The van der Waals surface area contributed by atoms with E-state index in [4.69, 9.17) is 4.74 Å². The zero-order chi connectivity index (χ0) is 17.6. The summed E-state index contributed by atoms with van der Waals surface area (Å²) in [5.74, 6) is 0.321. The third kappa shape index (κ3) is 4.32. The molecule has 0 aliphatic rings. The van der Waals surface area contributed by atoms with E-state index < -0.39 is 15.1 Å². The molecular formula is C17H20N2O4S. The molecule has 7 heteroatoms. The van der Waals surface area contributed by atoms with E-state index in [1.54, 1.807) is 30.5 Å². The Morgan fingerprint density at radius 2 is 1.96 bits per heavy atom. The van der Waals surface area contributed by atoms with Crippen molar-refractivity contribution in [3.05, 3.63) is 54.4 Å². The molecule has 0 aliphatic heterocycles. The van der Waals surface area contributed by atoms with Gasteiger partial charge in [-0.3, -0.25) is 9.78 Å². The highest BCUT2D eigenvalue weighted by molar-refractivity contribution is 7.91. The number of ether oxygens (including phenoxy) is 1. The van der Waals surface area contributed by atoms with Crippen molar-refractivity contribution in [2.75, 3.05) is 13.2 Å². The monoisotopic (exact) mass is 348 g/mol. The average molecular weight is 348 g/mol. The predicted octanol–water partition coefficient (Wildman–Crippen LogP) is 2.13. The molecule has 0 fully saturated rings. The number of nitrogens with zero attached hydrogens (tertiary/aromatic N) is 1. The van der Waals surface area contributed by atoms with Crippen LogP contribution in [0.5, 0.6) is 5.75 Å². The van der Waals surface area contributed by atoms with Gasteiger partial charge in [-0.2, -0.15) is 0 Å². The number of nitrogens with one attached hydrogen (secondary N) is 1. The maximum absolute atomic E-state index is 13.0. The van der Waals surface area contributed by atoms with Crippen molar-refractivity contribution in [2.24, 2.45) is 0 Å². The Labute approximate surface area is 141 Å². The second kappa shape index (κ2) is 7.92. The first-order valence-corrected chi connectivity index (χ1v) is 9.11. The van der Waals surface area contributed by atoms with Crippen LogP contribution < -0.4 is 10.1 Å². The molecule has 1 heterocycles. The summed E-state index contributed by atoms with van der Waals surface area (Å²) in [4.78, 5) is 15.4. The van der Waals surface area contributed by atoms with Gasteiger partial charge in [0.1, 0.15) is 11.0 Å². The number of amides is 1. The van der Waals surface area contributed by atoms with Crippen molar-refractivity contribution in [3.8, 4) is 5.75 Å². The topological polar surface area (TPSA) is 85.4 Å². The molecule has 2 aromatic rings. The van der Waals surface area contributed by atoms with Crippen LogP contribution >= 0.6 is 0 Å². The number of sulfone groups is 1. The molecule has 0 spiro atoms. The van der Waals surface area contributed by atoms with Crippen molar-refractivity contribution in [1.29, 1.82) is 0 Å². The summed E-state index contributed by atoms with van der Waals surface area (Å²) in [6.45, 7) is 3.70. The molecule has 2 rings (SSSR count). The van der Waals surface area contributed by atoms with E-state index in [-0.39, 0.29) is 17.3 Å². The van der Waals surface area contributed by atoms with E-state index in [0.29, 0.717) is 17.9 Å². The highest BCUT2D eigenvalue weighted by atomic mass is 32.2. The van der Waals surface area contributed by atoms with Gasteiger partial charge in [0.15, 0.2) is 9.84 Å². The molecular weight excluding hydrogens is 328 g/mol. The van der Waals surface area contributed by atoms with Crippen molar-refractivity contribution < 1.29 is 17.9 Å². The Bertz CT molecular complexity index is 774. The van der Waals surface area contributed by atoms with Gasteiger partial charge in [0.05, 0.1) is 11.5 Å². The molecule has 0 radical (unpaired) electrons. The van der Waals surface area contributed by atoms with Crippen molar-refractivity contribution >= 4 is 15.7 Å². The van der Waals surface area contributed by atoms with Crippen LogP contribution in [0.4, 0.5) is 0 Å². The molecule has 0 saturated heterocycles. The summed E-state index contributed by atoms with van der Waals surface area (Å²) < 4.78 is 31.3. The van der Waals surface area contributed by atoms with Crippen molar-refractivity contribution in [1.82, 2.24) is 10.3 Å². The highest BCUT2D eigenvalue weighted by Gasteiger charge is 2.29. The first kappa shape index (κ1) is 17.9. The zero-order valence-electron chi connectivity index (χ0n) is 13.6. The molecule has 1 atom stereocenters. The Kier molecular flexibility index (Phi) is 5.92. The van der Waals surface area contributed by atoms with Crippen LogP contribution in [-0.2, 0) is 14.6 Å². The van der Waals surface area contributed by atoms with Gasteiger partial charge in [-0.05, 0) is 42.8 Å². The van der Waals surface area contributed by atoms with Crippen molar-refractivity contribution in [3.63, 3.8) is 0 Å². The molecule has 1 unspecified atom stereocenters. The van der Waals surface area contributed by atoms with Crippen LogP contribution in [0.3, 0.4) is 0 Å². The Balaban J connectivity index is 2.37. The van der Waals surface area contributed by atoms with Gasteiger partial charge in [0.2, 0.25) is 5.91 Å². The van der Waals surface area contributed by atoms with Crippen LogP contribution in [0, 0.1) is 0 Å². The molecule has 6 nitrogen and oxygen atoms in total. The lowest BCUT2D eigenvalue weighted by Crippen LogP contribution is -2.30. The lowest BCUT2D eigenvalue weighted by Gasteiger charge is -2.18. The number of rotatable bonds is 7. The Hall–Kier alpha value is -2.41. The van der Waals surface area contributed by atoms with E-state index in [0.717, 1.165) is 0 Å². The normalized spacial score (nSPS) is 12.4. The lowest BCUT2D eigenvalue weighted by molar-refractivity contribution is -0.118. The van der Waals surface area contributed by atoms with E-state index in [9.17, 15) is 13.2 Å². The molecule has 1 aromatic heterocycles. The van der Waals surface area contributed by atoms with Gasteiger partial charge in [0, 0.05) is 25.9 Å². The van der Waals surface area contributed by atoms with Crippen LogP contribution in [0.25, 0.3) is 0 Å². The smallest absolute Gasteiger partial charge is 0.216 e. The van der Waals surface area contributed by atoms with Gasteiger partial charge in [-0.15, -0.1) is 0 Å². The predicted molar refractivity (Wildman–Crippen MR) is 90.5 cm³/mol. The zero-order valence-corrected chi connectivity index (χ0v) is 14.4. The fraction of sp³-hybridized carbons (Fsp3) is 0.294. The second-order valence-corrected chi connectivity index (χ2v) is 7.29. The van der Waals surface area contributed by atoms with Gasteiger partial charge in [-0.1, -0.05) is 6.07 Å². The van der Waals surface area contributed by atoms with Gasteiger partial charge >= 0.3 is 0 Å². The first-order chi connectivity index (χ1) is 11.4. The lowest BCUT2D eigenvalue weighted by atomic mass is 10.2. The summed E-state index contributed by atoms with van der Waals surface area (Å²) in [5, 5.41) is 1.67. The summed E-state index contributed by atoms with van der Waals surface area (Å²) in [6.07, 6.45) is 3.07. The van der Waals surface area contributed by atoms with E-state index >= 15 is 0 Å². The van der Waals surface area contributed by atoms with Crippen LogP contribution in [0.15, 0.2) is 53.7 Å². The molecule has 1 amide bonds. The van der Waals surface area contributed by atoms with E-state index in [1.165, 1.54) is 25.3 Å². The third-order valence-corrected chi connectivity index (χ3v) is 5.55. The molecule has 1 aromatic carbocycles. The molecule has 1 N–H and O–H groups in total. The summed E-state index contributed by atoms with van der Waals surface area (Å²) in [7, 11) is -3.69. The fourth-order valence-electron chi connectivity index (χ4n) is 2.27.